The van der Waals surface area contributed by atoms with Crippen LogP contribution in [0, 0.1) is 0 Å². The highest BCUT2D eigenvalue weighted by Crippen LogP contribution is 2.50. The van der Waals surface area contributed by atoms with Gasteiger partial charge in [-0.3, -0.25) is 0 Å². The molecule has 0 spiro atoms. The first kappa shape index (κ1) is 107. The molecule has 0 radical (unpaired) electrons. The summed E-state index contributed by atoms with van der Waals surface area (Å²) in [6.07, 6.45) is 69.6. The molecule has 16 heteroatoms. The van der Waals surface area contributed by atoms with E-state index >= 15 is 0 Å². The second kappa shape index (κ2) is 64.4. The summed E-state index contributed by atoms with van der Waals surface area (Å²) in [6, 6.07) is 27.0. The number of hydrogen-bond acceptors (Lipinski definition) is 12. The first-order chi connectivity index (χ1) is 66.2. The molecule has 10 rings (SSSR count). The third-order valence-corrected chi connectivity index (χ3v) is 26.5. The van der Waals surface area contributed by atoms with Crippen LogP contribution in [0.5, 0.6) is 69.0 Å². The lowest BCUT2D eigenvalue weighted by Gasteiger charge is -2.21. The molecule has 10 aromatic rings. The van der Waals surface area contributed by atoms with Crippen LogP contribution < -0.4 is 66.0 Å². The Morgan fingerprint density at radius 3 is 0.440 bits per heavy atom. The number of benzene rings is 8. The summed E-state index contributed by atoms with van der Waals surface area (Å²) in [6.45, 7) is 34.3. The Kier molecular flexibility index (Phi) is 51.6. The van der Waals surface area contributed by atoms with Crippen LogP contribution in [0.3, 0.4) is 0 Å². The minimum atomic E-state index is 0.608. The van der Waals surface area contributed by atoms with Gasteiger partial charge < -0.3 is 56.8 Å². The molecule has 0 saturated carbocycles. The summed E-state index contributed by atoms with van der Waals surface area (Å²) < 4.78 is 91.3. The van der Waals surface area contributed by atoms with Crippen molar-refractivity contribution in [3.8, 4) is 69.0 Å². The third kappa shape index (κ3) is 36.0. The van der Waals surface area contributed by atoms with E-state index in [0.717, 1.165) is 352 Å². The van der Waals surface area contributed by atoms with Gasteiger partial charge in [0.2, 0.25) is 12.7 Å². The van der Waals surface area contributed by atoms with Gasteiger partial charge in [0.05, 0.1) is 105 Å². The van der Waals surface area contributed by atoms with Gasteiger partial charge in [0.15, 0.2) is 69.0 Å². The number of ether oxygens (including phenoxy) is 12. The van der Waals surface area contributed by atoms with Crippen molar-refractivity contribution in [3.05, 3.63) is 110 Å². The Bertz CT molecular complexity index is 4490. The molecular formula is C118H180N4O12+2. The van der Waals surface area contributed by atoms with Crippen LogP contribution in [0.15, 0.2) is 110 Å². The normalized spacial score (nSPS) is 11.7. The maximum absolute atomic E-state index is 6.95. The van der Waals surface area contributed by atoms with E-state index in [1.807, 2.05) is 0 Å². The van der Waals surface area contributed by atoms with Crippen molar-refractivity contribution in [1.29, 1.82) is 0 Å². The van der Waals surface area contributed by atoms with Crippen molar-refractivity contribution in [1.82, 2.24) is 9.13 Å². The van der Waals surface area contributed by atoms with Crippen LogP contribution in [0.4, 0.5) is 0 Å². The minimum absolute atomic E-state index is 0.608. The molecule has 0 fully saturated rings. The highest BCUT2D eigenvalue weighted by Gasteiger charge is 2.25. The monoisotopic (exact) mass is 1850 g/mol. The molecule has 2 aromatic heterocycles. The molecule has 0 amide bonds. The van der Waals surface area contributed by atoms with Crippen molar-refractivity contribution in [2.24, 2.45) is 0 Å². The van der Waals surface area contributed by atoms with Crippen LogP contribution in [0.25, 0.3) is 64.6 Å². The standard InChI is InChI=1S/C118H180N4O12/c1-11-21-31-49-69-123-107-81-95-97-83-109(125-71-51-33-23-13-3)113(129-75-55-37-27-17-7)87-101(97)105-91-117(115(131-77-57-39-29-19-9)89-103(105)99(95)85-111(107)127-73-53-35-25-15-5)133-79-59-43-41-45-61-119-65-67-121(93-119)63-47-48-64-122-68-66-120(94-122)62-46-42-44-60-80-134-118-92-106-102-88-114(130-76-56-38-28-18-8)110(126-72-52-34-24-14-4)84-98(102)96-82-108(124-70-50-32-22-12-2)112(128-74-54-36-26-16-6)86-100(96)104(106)90-116(118)132-78-58-40-30-20-10/h65-68,81-94H,11-64,69-80H2,1-10H3/q+2. The molecule has 134 heavy (non-hydrogen) atoms. The van der Waals surface area contributed by atoms with E-state index in [-0.39, 0.29) is 0 Å². The molecule has 16 nitrogen and oxygen atoms in total. The lowest BCUT2D eigenvalue weighted by Crippen LogP contribution is -2.31. The SMILES string of the molecule is CCCCCCOc1cc2c3cc(OCCCCCC)c(OCCCCCC)cc3c3cc(OCCCCCC[n+]4ccn(CCCCn5cc[n+](CCCCCCOc6cc7c8cc(OCCCCCC)c(OCCCCCC)cc8c8cc(OCCCCCC)c(OCCCCCC)cc8c7cc6OCCCCCC)c5)c4)c(OCCCCCC)cc3c2cc1OCCCCCC. The molecule has 0 aliphatic heterocycles. The Hall–Kier alpha value is -8.66. The molecule has 0 aliphatic carbocycles. The van der Waals surface area contributed by atoms with Gasteiger partial charge in [-0.2, -0.15) is 0 Å². The molecule has 0 unspecified atom stereocenters. The van der Waals surface area contributed by atoms with Crippen LogP contribution in [-0.2, 0) is 26.2 Å². The molecule has 0 saturated heterocycles. The number of unbranched alkanes of at least 4 members (excludes halogenated alkanes) is 37. The van der Waals surface area contributed by atoms with Gasteiger partial charge in [0.25, 0.3) is 0 Å². The van der Waals surface area contributed by atoms with Crippen molar-refractivity contribution < 1.29 is 66.0 Å². The lowest BCUT2D eigenvalue weighted by molar-refractivity contribution is -0.697. The van der Waals surface area contributed by atoms with Crippen molar-refractivity contribution >= 4 is 64.6 Å². The quantitative estimate of drug-likeness (QED) is 0.0204. The van der Waals surface area contributed by atoms with E-state index in [0.29, 0.717) is 79.3 Å². The van der Waals surface area contributed by atoms with Crippen molar-refractivity contribution in [3.63, 3.8) is 0 Å². The Labute approximate surface area is 809 Å². The number of hydrogen-bond donors (Lipinski definition) is 0. The zero-order valence-electron chi connectivity index (χ0n) is 85.7. The fraction of sp³-hybridized carbons (Fsp3) is 0.644. The molecule has 742 valence electrons. The maximum atomic E-state index is 6.95. The molecular weight excluding hydrogens is 1670 g/mol. The van der Waals surface area contributed by atoms with Crippen LogP contribution in [0.1, 0.15) is 390 Å². The number of aryl methyl sites for hydroxylation is 4. The molecule has 0 atom stereocenters. The summed E-state index contributed by atoms with van der Waals surface area (Å²) in [5, 5.41) is 13.2. The zero-order chi connectivity index (χ0) is 94.0. The van der Waals surface area contributed by atoms with Crippen LogP contribution in [-0.4, -0.2) is 88.4 Å². The Morgan fingerprint density at radius 2 is 0.299 bits per heavy atom. The Morgan fingerprint density at radius 1 is 0.164 bits per heavy atom. The van der Waals surface area contributed by atoms with E-state index in [9.17, 15) is 0 Å². The van der Waals surface area contributed by atoms with E-state index in [2.05, 4.69) is 198 Å². The summed E-state index contributed by atoms with van der Waals surface area (Å²) in [5.74, 6) is 9.58. The number of rotatable bonds is 81. The van der Waals surface area contributed by atoms with E-state index in [1.165, 1.54) is 128 Å². The van der Waals surface area contributed by atoms with E-state index < -0.39 is 0 Å². The average Bonchev–Trinajstić information content (AvgIpc) is 0.753. The van der Waals surface area contributed by atoms with Gasteiger partial charge in [-0.05, 0) is 266 Å². The van der Waals surface area contributed by atoms with Crippen LogP contribution >= 0.6 is 0 Å². The van der Waals surface area contributed by atoms with Gasteiger partial charge in [-0.1, -0.05) is 262 Å². The second-order valence-corrected chi connectivity index (χ2v) is 38.2. The zero-order valence-corrected chi connectivity index (χ0v) is 85.7. The summed E-state index contributed by atoms with van der Waals surface area (Å²) in [7, 11) is 0. The van der Waals surface area contributed by atoms with E-state index in [4.69, 9.17) is 56.8 Å². The van der Waals surface area contributed by atoms with Gasteiger partial charge in [0.1, 0.15) is 24.8 Å². The fourth-order valence-electron chi connectivity index (χ4n) is 18.4. The summed E-state index contributed by atoms with van der Waals surface area (Å²) in [5.41, 5.74) is 0. The predicted octanol–water partition coefficient (Wildman–Crippen LogP) is 33.1. The van der Waals surface area contributed by atoms with Crippen LogP contribution in [0.2, 0.25) is 0 Å². The molecule has 2 heterocycles. The largest absolute Gasteiger partial charge is 0.490 e. The number of imidazole rings is 2. The summed E-state index contributed by atoms with van der Waals surface area (Å²) in [4.78, 5) is 0. The van der Waals surface area contributed by atoms with E-state index in [1.54, 1.807) is 0 Å². The van der Waals surface area contributed by atoms with Crippen molar-refractivity contribution in [2.45, 2.75) is 416 Å². The molecule has 0 bridgehead atoms. The smallest absolute Gasteiger partial charge is 0.243 e. The average molecular weight is 1850 g/mol. The predicted molar refractivity (Wildman–Crippen MR) is 561 cm³/mol. The van der Waals surface area contributed by atoms with Gasteiger partial charge >= 0.3 is 0 Å². The number of nitrogens with zero attached hydrogens (tertiary/aromatic N) is 4. The molecule has 0 N–H and O–H groups in total. The maximum Gasteiger partial charge on any atom is 0.243 e. The first-order valence-corrected chi connectivity index (χ1v) is 54.9. The number of fused-ring (bicyclic) bond motifs is 12. The highest BCUT2D eigenvalue weighted by atomic mass is 16.5. The first-order valence-electron chi connectivity index (χ1n) is 54.9. The lowest BCUT2D eigenvalue weighted by atomic mass is 9.93. The second-order valence-electron chi connectivity index (χ2n) is 38.2. The molecule has 8 aromatic carbocycles. The molecule has 0 aliphatic rings. The Balaban J connectivity index is 0.747. The van der Waals surface area contributed by atoms with Gasteiger partial charge in [0, 0.05) is 0 Å². The topological polar surface area (TPSA) is 128 Å². The van der Waals surface area contributed by atoms with Crippen molar-refractivity contribution in [2.75, 3.05) is 79.3 Å². The minimum Gasteiger partial charge on any atom is -0.490 e. The number of aromatic nitrogens is 4. The van der Waals surface area contributed by atoms with Gasteiger partial charge in [-0.25, -0.2) is 18.3 Å². The summed E-state index contributed by atoms with van der Waals surface area (Å²) >= 11 is 0. The van der Waals surface area contributed by atoms with Gasteiger partial charge in [-0.15, -0.1) is 0 Å². The highest BCUT2D eigenvalue weighted by molar-refractivity contribution is 6.28. The third-order valence-electron chi connectivity index (χ3n) is 26.5. The fourth-order valence-corrected chi connectivity index (χ4v) is 18.4.